The molecule has 4 aromatic rings. The van der Waals surface area contributed by atoms with Gasteiger partial charge in [-0.2, -0.15) is 9.61 Å². The molecule has 0 spiro atoms. The van der Waals surface area contributed by atoms with Crippen LogP contribution in [-0.4, -0.2) is 33.8 Å². The van der Waals surface area contributed by atoms with E-state index in [1.54, 1.807) is 37.3 Å². The van der Waals surface area contributed by atoms with Crippen LogP contribution in [-0.2, 0) is 0 Å². The zero-order valence-electron chi connectivity index (χ0n) is 14.7. The number of halogens is 1. The molecule has 0 aliphatic rings. The predicted molar refractivity (Wildman–Crippen MR) is 107 cm³/mol. The van der Waals surface area contributed by atoms with Crippen molar-refractivity contribution in [3.05, 3.63) is 59.5 Å². The minimum absolute atomic E-state index is 0.644. The average molecular weight is 426 g/mol. The topological polar surface area (TPSA) is 73.6 Å². The SMILES string of the molecule is COc1ccc(-c2cc(Nc3cccnc3)n3ncc(Br)c3n2)cc1OC. The number of nitrogens with zero attached hydrogens (tertiary/aromatic N) is 4. The number of ether oxygens (including phenoxy) is 2. The zero-order valence-corrected chi connectivity index (χ0v) is 16.3. The molecule has 1 N–H and O–H groups in total. The Morgan fingerprint density at radius 3 is 2.63 bits per heavy atom. The lowest BCUT2D eigenvalue weighted by molar-refractivity contribution is 0.355. The average Bonchev–Trinajstić information content (AvgIpc) is 3.09. The van der Waals surface area contributed by atoms with E-state index in [-0.39, 0.29) is 0 Å². The van der Waals surface area contributed by atoms with E-state index in [4.69, 9.17) is 14.5 Å². The maximum absolute atomic E-state index is 5.42. The molecular formula is C19H16BrN5O2. The van der Waals surface area contributed by atoms with E-state index < -0.39 is 0 Å². The molecule has 27 heavy (non-hydrogen) atoms. The molecule has 0 amide bonds. The third kappa shape index (κ3) is 3.31. The zero-order chi connectivity index (χ0) is 18.8. The Morgan fingerprint density at radius 2 is 1.89 bits per heavy atom. The van der Waals surface area contributed by atoms with Crippen molar-refractivity contribution in [3.63, 3.8) is 0 Å². The number of anilines is 2. The second-order valence-corrected chi connectivity index (χ2v) is 6.55. The van der Waals surface area contributed by atoms with E-state index in [0.29, 0.717) is 17.1 Å². The lowest BCUT2D eigenvalue weighted by Gasteiger charge is -2.12. The van der Waals surface area contributed by atoms with Crippen LogP contribution in [0.2, 0.25) is 0 Å². The van der Waals surface area contributed by atoms with Crippen molar-refractivity contribution >= 4 is 33.1 Å². The molecule has 0 saturated heterocycles. The van der Waals surface area contributed by atoms with E-state index in [0.717, 1.165) is 27.2 Å². The fourth-order valence-electron chi connectivity index (χ4n) is 2.75. The quantitative estimate of drug-likeness (QED) is 0.513. The molecule has 3 heterocycles. The number of hydrogen-bond donors (Lipinski definition) is 1. The summed E-state index contributed by atoms with van der Waals surface area (Å²) in [4.78, 5) is 8.88. The molecule has 8 heteroatoms. The Bertz CT molecular complexity index is 1100. The predicted octanol–water partition coefficient (Wildman–Crippen LogP) is 4.31. The maximum Gasteiger partial charge on any atom is 0.172 e. The van der Waals surface area contributed by atoms with Crippen molar-refractivity contribution in [2.45, 2.75) is 0 Å². The van der Waals surface area contributed by atoms with Gasteiger partial charge in [-0.05, 0) is 46.3 Å². The number of nitrogens with one attached hydrogen (secondary N) is 1. The highest BCUT2D eigenvalue weighted by Gasteiger charge is 2.13. The summed E-state index contributed by atoms with van der Waals surface area (Å²) < 4.78 is 13.3. The molecule has 0 aliphatic heterocycles. The molecule has 0 radical (unpaired) electrons. The monoisotopic (exact) mass is 425 g/mol. The van der Waals surface area contributed by atoms with Crippen molar-refractivity contribution in [2.24, 2.45) is 0 Å². The highest BCUT2D eigenvalue weighted by molar-refractivity contribution is 9.10. The highest BCUT2D eigenvalue weighted by atomic mass is 79.9. The van der Waals surface area contributed by atoms with Gasteiger partial charge in [-0.3, -0.25) is 4.98 Å². The molecule has 0 bridgehead atoms. The highest BCUT2D eigenvalue weighted by Crippen LogP contribution is 2.33. The van der Waals surface area contributed by atoms with E-state index in [1.807, 2.05) is 36.4 Å². The number of fused-ring (bicyclic) bond motifs is 1. The summed E-state index contributed by atoms with van der Waals surface area (Å²) in [6.45, 7) is 0. The molecule has 0 fully saturated rings. The van der Waals surface area contributed by atoms with Crippen LogP contribution in [0.1, 0.15) is 0 Å². The molecular weight excluding hydrogens is 410 g/mol. The summed E-state index contributed by atoms with van der Waals surface area (Å²) in [7, 11) is 3.22. The number of aromatic nitrogens is 4. The summed E-state index contributed by atoms with van der Waals surface area (Å²) >= 11 is 3.51. The molecule has 1 aromatic carbocycles. The van der Waals surface area contributed by atoms with Crippen molar-refractivity contribution in [2.75, 3.05) is 19.5 Å². The van der Waals surface area contributed by atoms with Crippen molar-refractivity contribution in [3.8, 4) is 22.8 Å². The van der Waals surface area contributed by atoms with Gasteiger partial charge in [0.05, 0.1) is 42.5 Å². The van der Waals surface area contributed by atoms with Crippen LogP contribution in [0.5, 0.6) is 11.5 Å². The first kappa shape index (κ1) is 17.3. The van der Waals surface area contributed by atoms with Crippen LogP contribution in [0.15, 0.2) is 59.5 Å². The Labute approximate surface area is 164 Å². The second kappa shape index (κ2) is 7.24. The molecule has 0 atom stereocenters. The Morgan fingerprint density at radius 1 is 1.04 bits per heavy atom. The summed E-state index contributed by atoms with van der Waals surface area (Å²) in [6, 6.07) is 11.4. The fourth-order valence-corrected chi connectivity index (χ4v) is 3.10. The third-order valence-electron chi connectivity index (χ3n) is 4.04. The van der Waals surface area contributed by atoms with E-state index >= 15 is 0 Å². The van der Waals surface area contributed by atoms with Gasteiger partial charge >= 0.3 is 0 Å². The van der Waals surface area contributed by atoms with Gasteiger partial charge in [0.2, 0.25) is 0 Å². The van der Waals surface area contributed by atoms with E-state index in [1.165, 1.54) is 0 Å². The Hall–Kier alpha value is -3.13. The third-order valence-corrected chi connectivity index (χ3v) is 4.60. The van der Waals surface area contributed by atoms with E-state index in [2.05, 4.69) is 31.3 Å². The first-order valence-electron chi connectivity index (χ1n) is 8.13. The lowest BCUT2D eigenvalue weighted by Crippen LogP contribution is -2.02. The van der Waals surface area contributed by atoms with Crippen molar-refractivity contribution < 1.29 is 9.47 Å². The fraction of sp³-hybridized carbons (Fsp3) is 0.105. The smallest absolute Gasteiger partial charge is 0.172 e. The summed E-state index contributed by atoms with van der Waals surface area (Å²) in [5.74, 6) is 2.08. The summed E-state index contributed by atoms with van der Waals surface area (Å²) in [5.41, 5.74) is 3.23. The number of benzene rings is 1. The molecule has 0 unspecified atom stereocenters. The molecule has 0 aliphatic carbocycles. The lowest BCUT2D eigenvalue weighted by atomic mass is 10.1. The minimum atomic E-state index is 0.644. The van der Waals surface area contributed by atoms with Gasteiger partial charge in [0.1, 0.15) is 5.82 Å². The van der Waals surface area contributed by atoms with Gasteiger partial charge in [0, 0.05) is 17.8 Å². The normalized spacial score (nSPS) is 10.8. The minimum Gasteiger partial charge on any atom is -0.493 e. The first-order chi connectivity index (χ1) is 13.2. The van der Waals surface area contributed by atoms with Gasteiger partial charge < -0.3 is 14.8 Å². The molecule has 7 nitrogen and oxygen atoms in total. The van der Waals surface area contributed by atoms with Crippen LogP contribution < -0.4 is 14.8 Å². The van der Waals surface area contributed by atoms with Crippen LogP contribution >= 0.6 is 15.9 Å². The van der Waals surface area contributed by atoms with Crippen LogP contribution in [0.4, 0.5) is 11.5 Å². The van der Waals surface area contributed by atoms with Crippen LogP contribution in [0.3, 0.4) is 0 Å². The maximum atomic E-state index is 5.42. The second-order valence-electron chi connectivity index (χ2n) is 5.69. The molecule has 0 saturated carbocycles. The van der Waals surface area contributed by atoms with Gasteiger partial charge in [0.25, 0.3) is 0 Å². The van der Waals surface area contributed by atoms with Crippen LogP contribution in [0, 0.1) is 0 Å². The van der Waals surface area contributed by atoms with Gasteiger partial charge in [-0.25, -0.2) is 4.98 Å². The number of methoxy groups -OCH3 is 2. The van der Waals surface area contributed by atoms with Gasteiger partial charge in [-0.15, -0.1) is 0 Å². The first-order valence-corrected chi connectivity index (χ1v) is 8.92. The Balaban J connectivity index is 1.85. The Kier molecular flexibility index (Phi) is 4.64. The standard InChI is InChI=1S/C19H16BrN5O2/c1-26-16-6-5-12(8-17(16)27-2)15-9-18(23-13-4-3-7-21-10-13)25-19(24-15)14(20)11-22-25/h3-11,23H,1-2H3. The summed E-state index contributed by atoms with van der Waals surface area (Å²) in [5, 5.41) is 7.73. The van der Waals surface area contributed by atoms with Crippen molar-refractivity contribution in [1.29, 1.82) is 0 Å². The number of pyridine rings is 1. The summed E-state index contributed by atoms with van der Waals surface area (Å²) in [6.07, 6.45) is 5.20. The molecule has 136 valence electrons. The molecule has 3 aromatic heterocycles. The molecule has 4 rings (SSSR count). The van der Waals surface area contributed by atoms with Crippen molar-refractivity contribution in [1.82, 2.24) is 19.6 Å². The van der Waals surface area contributed by atoms with Gasteiger partial charge in [0.15, 0.2) is 17.1 Å². The number of hydrogen-bond acceptors (Lipinski definition) is 6. The number of rotatable bonds is 5. The van der Waals surface area contributed by atoms with E-state index in [9.17, 15) is 0 Å². The van der Waals surface area contributed by atoms with Crippen LogP contribution in [0.25, 0.3) is 16.9 Å². The van der Waals surface area contributed by atoms with Gasteiger partial charge in [-0.1, -0.05) is 0 Å². The largest absolute Gasteiger partial charge is 0.493 e.